The minimum atomic E-state index is -0.953. The molecule has 0 bridgehead atoms. The predicted octanol–water partition coefficient (Wildman–Crippen LogP) is 6.51. The lowest BCUT2D eigenvalue weighted by molar-refractivity contribution is -0.156. The summed E-state index contributed by atoms with van der Waals surface area (Å²) in [5, 5.41) is 31.8. The van der Waals surface area contributed by atoms with Crippen LogP contribution in [0.15, 0.2) is 60.8 Å². The number of allylic oxidation sites excluding steroid dienone is 2. The molecule has 296 valence electrons. The van der Waals surface area contributed by atoms with E-state index in [0.29, 0.717) is 42.5 Å². The maximum Gasteiger partial charge on any atom is 0.312 e. The van der Waals surface area contributed by atoms with Crippen LogP contribution in [0.1, 0.15) is 101 Å². The highest BCUT2D eigenvalue weighted by atomic mass is 16.6. The molecule has 0 amide bonds. The van der Waals surface area contributed by atoms with E-state index in [1.165, 1.54) is 6.20 Å². The Morgan fingerprint density at radius 2 is 1.60 bits per heavy atom. The molecule has 1 aliphatic carbocycles. The molecule has 3 rings (SSSR count). The highest BCUT2D eigenvalue weighted by Gasteiger charge is 2.39. The number of hydrogen-bond donors (Lipinski definition) is 3. The van der Waals surface area contributed by atoms with Crippen molar-refractivity contribution in [3.8, 4) is 30.4 Å². The smallest absolute Gasteiger partial charge is 0.312 e. The molecule has 55 heavy (non-hydrogen) atoms. The Kier molecular flexibility index (Phi) is 17.4. The van der Waals surface area contributed by atoms with Gasteiger partial charge >= 0.3 is 17.9 Å². The highest BCUT2D eigenvalue weighted by Crippen LogP contribution is 2.37. The Hall–Kier alpha value is -4.74. The van der Waals surface area contributed by atoms with Crippen LogP contribution in [0, 0.1) is 54.3 Å². The number of aliphatic hydroxyl groups excluding tert-OH is 3. The summed E-state index contributed by atoms with van der Waals surface area (Å²) in [6, 6.07) is 9.93. The zero-order chi connectivity index (χ0) is 40.6. The summed E-state index contributed by atoms with van der Waals surface area (Å²) >= 11 is 0. The van der Waals surface area contributed by atoms with E-state index in [1.807, 2.05) is 48.6 Å². The summed E-state index contributed by atoms with van der Waals surface area (Å²) in [6.45, 7) is 7.88. The Balaban J connectivity index is 1.61. The standard InChI is InChI=1S/C45H57NO9/c1-8-25-44(4,5)42(51)53-29-33-28-46-31(3)41(37(33)30-54-43(52)45(6,7)26-9-2)55-40(50)20-16-11-10-15-19-35-36(39(49)27-38(35)48)24-23-34(47)22-21-32-17-13-12-14-18-32/h1-2,10,12-15,17-18,23-24,28,34-36,38-39,47-49H,11,16,19-22,25-27,29-30H2,3-7H3/b15-10-,24-23+/t34-,35+,36+,38-,39+/m0/s1. The Labute approximate surface area is 326 Å². The number of ether oxygens (including phenoxy) is 3. The number of pyridine rings is 1. The largest absolute Gasteiger partial charge is 0.460 e. The number of aryl methyl sites for hydroxylation is 2. The summed E-state index contributed by atoms with van der Waals surface area (Å²) in [5.74, 6) is 3.01. The van der Waals surface area contributed by atoms with Crippen LogP contribution in [-0.2, 0) is 43.5 Å². The van der Waals surface area contributed by atoms with Gasteiger partial charge in [0.2, 0.25) is 0 Å². The molecule has 0 unspecified atom stereocenters. The molecule has 3 N–H and O–H groups in total. The molecule has 0 spiro atoms. The minimum Gasteiger partial charge on any atom is -0.460 e. The first-order valence-corrected chi connectivity index (χ1v) is 18.9. The van der Waals surface area contributed by atoms with E-state index in [2.05, 4.69) is 16.8 Å². The number of rotatable bonds is 20. The quantitative estimate of drug-likeness (QED) is 0.0591. The van der Waals surface area contributed by atoms with Crippen molar-refractivity contribution in [3.63, 3.8) is 0 Å². The fraction of sp³-hybridized carbons (Fsp3) is 0.511. The first-order chi connectivity index (χ1) is 26.1. The second-order valence-electron chi connectivity index (χ2n) is 15.5. The van der Waals surface area contributed by atoms with Crippen LogP contribution in [0.5, 0.6) is 5.75 Å². The van der Waals surface area contributed by atoms with Gasteiger partial charge in [0.05, 0.1) is 34.8 Å². The zero-order valence-electron chi connectivity index (χ0n) is 32.8. The molecule has 1 saturated carbocycles. The number of aromatic nitrogens is 1. The first-order valence-electron chi connectivity index (χ1n) is 18.9. The number of carbonyl (C=O) groups excluding carboxylic acids is 3. The summed E-state index contributed by atoms with van der Waals surface area (Å²) in [4.78, 5) is 43.2. The number of terminal acetylenes is 2. The van der Waals surface area contributed by atoms with Crippen LogP contribution in [0.2, 0.25) is 0 Å². The van der Waals surface area contributed by atoms with Crippen LogP contribution in [0.3, 0.4) is 0 Å². The van der Waals surface area contributed by atoms with Crippen molar-refractivity contribution in [3.05, 3.63) is 83.2 Å². The average molecular weight is 756 g/mol. The molecule has 1 aromatic heterocycles. The molecular formula is C45H57NO9. The second kappa shape index (κ2) is 21.4. The predicted molar refractivity (Wildman–Crippen MR) is 210 cm³/mol. The van der Waals surface area contributed by atoms with Gasteiger partial charge in [-0.15, -0.1) is 24.7 Å². The van der Waals surface area contributed by atoms with Crippen molar-refractivity contribution in [2.45, 2.75) is 124 Å². The van der Waals surface area contributed by atoms with Crippen molar-refractivity contribution >= 4 is 17.9 Å². The van der Waals surface area contributed by atoms with Gasteiger partial charge in [0, 0.05) is 48.9 Å². The van der Waals surface area contributed by atoms with Crippen LogP contribution >= 0.6 is 0 Å². The highest BCUT2D eigenvalue weighted by molar-refractivity contribution is 5.77. The zero-order valence-corrected chi connectivity index (χ0v) is 32.8. The Morgan fingerprint density at radius 3 is 2.24 bits per heavy atom. The fourth-order valence-electron chi connectivity index (χ4n) is 6.34. The van der Waals surface area contributed by atoms with E-state index < -0.39 is 47.0 Å². The summed E-state index contributed by atoms with van der Waals surface area (Å²) in [5.41, 5.74) is 0.395. The van der Waals surface area contributed by atoms with Gasteiger partial charge in [-0.1, -0.05) is 54.6 Å². The van der Waals surface area contributed by atoms with E-state index in [-0.39, 0.29) is 56.5 Å². The number of benzene rings is 1. The SMILES string of the molecule is C#CCC(C)(C)C(=O)OCc1cnc(C)c(OC(=O)CCC/C=C\C[C@@H]2[C@@H](/C=C/[C@@H](O)CCc3ccccc3)[C@H](O)C[C@@H]2O)c1COC(=O)C(C)(C)CC#C. The lowest BCUT2D eigenvalue weighted by Gasteiger charge is -2.23. The third-order valence-electron chi connectivity index (χ3n) is 9.89. The molecular weight excluding hydrogens is 698 g/mol. The van der Waals surface area contributed by atoms with Gasteiger partial charge in [0.15, 0.2) is 5.75 Å². The minimum absolute atomic E-state index is 0.0781. The molecule has 10 heteroatoms. The lowest BCUT2D eigenvalue weighted by atomic mass is 9.89. The van der Waals surface area contributed by atoms with E-state index in [4.69, 9.17) is 27.1 Å². The molecule has 2 aromatic rings. The maximum absolute atomic E-state index is 13.1. The number of hydrogen-bond acceptors (Lipinski definition) is 10. The summed E-state index contributed by atoms with van der Waals surface area (Å²) in [6.07, 6.45) is 21.3. The summed E-state index contributed by atoms with van der Waals surface area (Å²) in [7, 11) is 0. The van der Waals surface area contributed by atoms with Crippen LogP contribution in [0.4, 0.5) is 0 Å². The summed E-state index contributed by atoms with van der Waals surface area (Å²) < 4.78 is 17.0. The molecule has 1 fully saturated rings. The number of aliphatic hydroxyl groups is 3. The number of carbonyl (C=O) groups is 3. The van der Waals surface area contributed by atoms with E-state index in [1.54, 1.807) is 40.7 Å². The fourth-order valence-corrected chi connectivity index (χ4v) is 6.34. The van der Waals surface area contributed by atoms with Gasteiger partial charge in [0.1, 0.15) is 13.2 Å². The third kappa shape index (κ3) is 13.8. The van der Waals surface area contributed by atoms with Gasteiger partial charge < -0.3 is 29.5 Å². The van der Waals surface area contributed by atoms with E-state index in [0.717, 1.165) is 12.0 Å². The average Bonchev–Trinajstić information content (AvgIpc) is 3.41. The normalized spacial score (nSPS) is 19.2. The molecule has 0 aliphatic heterocycles. The number of unbranched alkanes of at least 4 members (excludes halogenated alkanes) is 1. The molecule has 1 aliphatic rings. The molecule has 5 atom stereocenters. The maximum atomic E-state index is 13.1. The van der Waals surface area contributed by atoms with Crippen molar-refractivity contribution in [2.75, 3.05) is 0 Å². The monoisotopic (exact) mass is 755 g/mol. The number of esters is 3. The van der Waals surface area contributed by atoms with Crippen molar-refractivity contribution in [1.82, 2.24) is 4.98 Å². The van der Waals surface area contributed by atoms with Gasteiger partial charge in [0.25, 0.3) is 0 Å². The van der Waals surface area contributed by atoms with Crippen molar-refractivity contribution in [1.29, 1.82) is 0 Å². The van der Waals surface area contributed by atoms with Crippen LogP contribution in [-0.4, -0.2) is 56.5 Å². The van der Waals surface area contributed by atoms with Gasteiger partial charge in [-0.2, -0.15) is 0 Å². The molecule has 10 nitrogen and oxygen atoms in total. The molecule has 1 heterocycles. The third-order valence-corrected chi connectivity index (χ3v) is 9.89. The molecule has 0 radical (unpaired) electrons. The first kappa shape index (κ1) is 44.7. The topological polar surface area (TPSA) is 152 Å². The van der Waals surface area contributed by atoms with Gasteiger partial charge in [-0.3, -0.25) is 19.4 Å². The van der Waals surface area contributed by atoms with Crippen molar-refractivity contribution < 1.29 is 43.9 Å². The van der Waals surface area contributed by atoms with E-state index >= 15 is 0 Å². The Bertz CT molecular complexity index is 1730. The van der Waals surface area contributed by atoms with Gasteiger partial charge in [-0.05, 0) is 78.2 Å². The molecule has 0 saturated heterocycles. The second-order valence-corrected chi connectivity index (χ2v) is 15.5. The van der Waals surface area contributed by atoms with Gasteiger partial charge in [-0.25, -0.2) is 0 Å². The van der Waals surface area contributed by atoms with Crippen LogP contribution < -0.4 is 4.74 Å². The Morgan fingerprint density at radius 1 is 0.964 bits per heavy atom. The van der Waals surface area contributed by atoms with E-state index in [9.17, 15) is 29.7 Å². The molecule has 1 aromatic carbocycles. The lowest BCUT2D eigenvalue weighted by Crippen LogP contribution is -2.27. The van der Waals surface area contributed by atoms with Crippen molar-refractivity contribution in [2.24, 2.45) is 22.7 Å². The number of nitrogens with zero attached hydrogens (tertiary/aromatic N) is 1. The van der Waals surface area contributed by atoms with Crippen LogP contribution in [0.25, 0.3) is 0 Å².